The highest BCUT2D eigenvalue weighted by molar-refractivity contribution is 9.10. The molecule has 2 atom stereocenters. The SMILES string of the molecule is CCOc1cc(C(c2cc3cc(Br)ccc3nc2OC)C(O)(CCN(C)C)c2cccc3ccoc23)cc(OC)n1. The molecule has 2 unspecified atom stereocenters. The van der Waals surface area contributed by atoms with Gasteiger partial charge in [-0.2, -0.15) is 4.98 Å². The third-order valence-electron chi connectivity index (χ3n) is 7.27. The van der Waals surface area contributed by atoms with Gasteiger partial charge < -0.3 is 28.6 Å². The maximum atomic E-state index is 13.2. The number of benzene rings is 2. The van der Waals surface area contributed by atoms with Gasteiger partial charge in [0.15, 0.2) is 0 Å². The zero-order chi connectivity index (χ0) is 29.1. The Hall–Kier alpha value is -3.66. The third kappa shape index (κ3) is 5.75. The Bertz CT molecular complexity index is 1670. The Morgan fingerprint density at radius 1 is 0.976 bits per heavy atom. The Labute approximate surface area is 248 Å². The van der Waals surface area contributed by atoms with Gasteiger partial charge in [0, 0.05) is 51.0 Å². The summed E-state index contributed by atoms with van der Waals surface area (Å²) in [5, 5.41) is 15.0. The second-order valence-corrected chi connectivity index (χ2v) is 11.1. The number of hydrogen-bond acceptors (Lipinski definition) is 8. The number of rotatable bonds is 11. The number of aliphatic hydroxyl groups is 1. The number of para-hydroxylation sites is 1. The van der Waals surface area contributed by atoms with E-state index in [9.17, 15) is 5.11 Å². The van der Waals surface area contributed by atoms with E-state index in [2.05, 4.69) is 25.8 Å². The van der Waals surface area contributed by atoms with E-state index in [1.54, 1.807) is 20.5 Å². The molecule has 41 heavy (non-hydrogen) atoms. The molecule has 0 aliphatic rings. The lowest BCUT2D eigenvalue weighted by molar-refractivity contribution is 0.00429. The maximum Gasteiger partial charge on any atom is 0.217 e. The van der Waals surface area contributed by atoms with Gasteiger partial charge in [0.2, 0.25) is 17.6 Å². The number of furan rings is 1. The highest BCUT2D eigenvalue weighted by Crippen LogP contribution is 2.50. The molecule has 5 aromatic rings. The van der Waals surface area contributed by atoms with Gasteiger partial charge in [-0.15, -0.1) is 0 Å². The van der Waals surface area contributed by atoms with Crippen molar-refractivity contribution in [2.75, 3.05) is 41.5 Å². The van der Waals surface area contributed by atoms with Gasteiger partial charge in [-0.25, -0.2) is 4.98 Å². The van der Waals surface area contributed by atoms with E-state index < -0.39 is 11.5 Å². The van der Waals surface area contributed by atoms with E-state index in [0.29, 0.717) is 53.9 Å². The zero-order valence-electron chi connectivity index (χ0n) is 23.8. The minimum atomic E-state index is -1.48. The molecule has 0 amide bonds. The second kappa shape index (κ2) is 12.1. The van der Waals surface area contributed by atoms with Gasteiger partial charge in [-0.05, 0) is 63.3 Å². The molecule has 5 rings (SSSR count). The molecule has 8 nitrogen and oxygen atoms in total. The first-order chi connectivity index (χ1) is 19.8. The molecule has 0 aliphatic carbocycles. The fraction of sp³-hybridized carbons (Fsp3) is 0.312. The summed E-state index contributed by atoms with van der Waals surface area (Å²) in [7, 11) is 7.13. The van der Waals surface area contributed by atoms with E-state index in [-0.39, 0.29) is 0 Å². The highest BCUT2D eigenvalue weighted by Gasteiger charge is 2.44. The van der Waals surface area contributed by atoms with Crippen molar-refractivity contribution < 1.29 is 23.7 Å². The van der Waals surface area contributed by atoms with Gasteiger partial charge >= 0.3 is 0 Å². The minimum Gasteiger partial charge on any atom is -0.481 e. The topological polar surface area (TPSA) is 90.1 Å². The molecule has 214 valence electrons. The first kappa shape index (κ1) is 28.9. The Balaban J connectivity index is 1.87. The van der Waals surface area contributed by atoms with E-state index in [4.69, 9.17) is 23.6 Å². The molecule has 0 aliphatic heterocycles. The monoisotopic (exact) mass is 619 g/mol. The summed E-state index contributed by atoms with van der Waals surface area (Å²) in [5.74, 6) is 0.500. The lowest BCUT2D eigenvalue weighted by Gasteiger charge is -2.38. The van der Waals surface area contributed by atoms with Crippen molar-refractivity contribution >= 4 is 37.8 Å². The van der Waals surface area contributed by atoms with E-state index >= 15 is 0 Å². The molecule has 9 heteroatoms. The molecule has 3 aromatic heterocycles. The van der Waals surface area contributed by atoms with E-state index in [0.717, 1.165) is 26.3 Å². The van der Waals surface area contributed by atoms with Gasteiger partial charge in [0.25, 0.3) is 0 Å². The van der Waals surface area contributed by atoms with Gasteiger partial charge in [0.05, 0.1) is 32.6 Å². The van der Waals surface area contributed by atoms with Gasteiger partial charge in [-0.1, -0.05) is 34.1 Å². The quantitative estimate of drug-likeness (QED) is 0.179. The van der Waals surface area contributed by atoms with Gasteiger partial charge in [0.1, 0.15) is 11.2 Å². The van der Waals surface area contributed by atoms with Crippen LogP contribution in [0.1, 0.15) is 36.0 Å². The van der Waals surface area contributed by atoms with Crippen LogP contribution < -0.4 is 14.2 Å². The van der Waals surface area contributed by atoms with E-state index in [1.807, 2.05) is 81.7 Å². The van der Waals surface area contributed by atoms with Crippen LogP contribution in [0.15, 0.2) is 75.8 Å². The zero-order valence-corrected chi connectivity index (χ0v) is 25.4. The standard InChI is InChI=1S/C32H34BrN3O5/c1-6-40-28-19-22(18-27(35-28)38-4)29(24-17-21-16-23(33)10-11-26(21)34-31(24)39-5)32(37,13-14-36(2)3)25-9-7-8-20-12-15-41-30(20)25/h7-12,15-19,29,37H,6,13-14H2,1-5H3. The fourth-order valence-electron chi connectivity index (χ4n) is 5.38. The van der Waals surface area contributed by atoms with E-state index in [1.165, 1.54) is 0 Å². The third-order valence-corrected chi connectivity index (χ3v) is 7.77. The molecule has 0 bridgehead atoms. The number of aromatic nitrogens is 2. The van der Waals surface area contributed by atoms with Crippen molar-refractivity contribution in [1.82, 2.24) is 14.9 Å². The summed E-state index contributed by atoms with van der Waals surface area (Å²) in [4.78, 5) is 11.4. The van der Waals surface area contributed by atoms with Crippen molar-refractivity contribution in [3.63, 3.8) is 0 Å². The smallest absolute Gasteiger partial charge is 0.217 e. The minimum absolute atomic E-state index is 0.373. The lowest BCUT2D eigenvalue weighted by Crippen LogP contribution is -2.38. The normalized spacial score (nSPS) is 13.9. The predicted molar refractivity (Wildman–Crippen MR) is 163 cm³/mol. The number of ether oxygens (including phenoxy) is 3. The largest absolute Gasteiger partial charge is 0.481 e. The summed E-state index contributed by atoms with van der Waals surface area (Å²) < 4.78 is 24.2. The van der Waals surface area contributed by atoms with Crippen LogP contribution in [0.5, 0.6) is 17.6 Å². The maximum absolute atomic E-state index is 13.2. The van der Waals surface area contributed by atoms with Crippen LogP contribution in [0.25, 0.3) is 21.9 Å². The van der Waals surface area contributed by atoms with Crippen LogP contribution in [0.4, 0.5) is 0 Å². The number of nitrogens with zero attached hydrogens (tertiary/aromatic N) is 3. The molecule has 0 radical (unpaired) electrons. The van der Waals surface area contributed by atoms with Crippen LogP contribution in [-0.4, -0.2) is 61.4 Å². The molecule has 2 aromatic carbocycles. The summed E-state index contributed by atoms with van der Waals surface area (Å²) in [5.41, 5.74) is 2.03. The van der Waals surface area contributed by atoms with Crippen LogP contribution in [0.2, 0.25) is 0 Å². The van der Waals surface area contributed by atoms with Crippen molar-refractivity contribution in [2.45, 2.75) is 24.9 Å². The van der Waals surface area contributed by atoms with Gasteiger partial charge in [-0.3, -0.25) is 0 Å². The van der Waals surface area contributed by atoms with Crippen LogP contribution in [0.3, 0.4) is 0 Å². The van der Waals surface area contributed by atoms with Crippen LogP contribution in [-0.2, 0) is 5.60 Å². The molecule has 3 heterocycles. The predicted octanol–water partition coefficient (Wildman–Crippen LogP) is 6.53. The molecule has 0 spiro atoms. The number of pyridine rings is 2. The number of hydrogen-bond donors (Lipinski definition) is 1. The second-order valence-electron chi connectivity index (χ2n) is 10.2. The lowest BCUT2D eigenvalue weighted by atomic mass is 9.71. The first-order valence-corrected chi connectivity index (χ1v) is 14.2. The van der Waals surface area contributed by atoms with Crippen LogP contribution in [0, 0.1) is 0 Å². The average Bonchev–Trinajstić information content (AvgIpc) is 3.45. The molecule has 0 saturated heterocycles. The first-order valence-electron chi connectivity index (χ1n) is 13.4. The number of halogens is 1. The summed E-state index contributed by atoms with van der Waals surface area (Å²) in [6.45, 7) is 2.92. The van der Waals surface area contributed by atoms with Crippen molar-refractivity contribution in [3.8, 4) is 17.6 Å². The summed E-state index contributed by atoms with van der Waals surface area (Å²) in [6.07, 6.45) is 2.02. The number of fused-ring (bicyclic) bond motifs is 2. The Kier molecular flexibility index (Phi) is 8.49. The molecular weight excluding hydrogens is 586 g/mol. The summed E-state index contributed by atoms with van der Waals surface area (Å²) in [6, 6.07) is 19.3. The molecule has 0 saturated carbocycles. The molecule has 1 N–H and O–H groups in total. The average molecular weight is 621 g/mol. The molecule has 0 fully saturated rings. The van der Waals surface area contributed by atoms with Crippen molar-refractivity contribution in [3.05, 3.63) is 88.1 Å². The number of methoxy groups -OCH3 is 2. The summed E-state index contributed by atoms with van der Waals surface area (Å²) >= 11 is 3.59. The Morgan fingerprint density at radius 3 is 2.51 bits per heavy atom. The van der Waals surface area contributed by atoms with Crippen molar-refractivity contribution in [1.29, 1.82) is 0 Å². The molecular formula is C32H34BrN3O5. The Morgan fingerprint density at radius 2 is 1.78 bits per heavy atom. The van der Waals surface area contributed by atoms with Crippen molar-refractivity contribution in [2.24, 2.45) is 0 Å². The van der Waals surface area contributed by atoms with Crippen LogP contribution >= 0.6 is 15.9 Å². The fourth-order valence-corrected chi connectivity index (χ4v) is 5.76. The highest BCUT2D eigenvalue weighted by atomic mass is 79.9.